The summed E-state index contributed by atoms with van der Waals surface area (Å²) in [4.78, 5) is 0. The Hall–Kier alpha value is -2.07. The third-order valence-electron chi connectivity index (χ3n) is 7.46. The first-order chi connectivity index (χ1) is 15.5. The molecule has 0 radical (unpaired) electrons. The van der Waals surface area contributed by atoms with E-state index in [9.17, 15) is 4.39 Å². The average molecular weight is 443 g/mol. The van der Waals surface area contributed by atoms with Crippen molar-refractivity contribution in [1.82, 2.24) is 0 Å². The van der Waals surface area contributed by atoms with Gasteiger partial charge in [0.2, 0.25) is 0 Å². The molecule has 4 heteroatoms. The molecule has 172 valence electrons. The van der Waals surface area contributed by atoms with Gasteiger partial charge in [-0.25, -0.2) is 13.2 Å². The van der Waals surface area contributed by atoms with Crippen molar-refractivity contribution in [3.8, 4) is 11.1 Å². The van der Waals surface area contributed by atoms with E-state index in [0.29, 0.717) is 36.3 Å². The molecule has 0 amide bonds. The zero-order valence-corrected chi connectivity index (χ0v) is 18.9. The van der Waals surface area contributed by atoms with Crippen molar-refractivity contribution in [1.29, 1.82) is 0 Å². The molecule has 0 bridgehead atoms. The number of rotatable bonds is 7. The summed E-state index contributed by atoms with van der Waals surface area (Å²) in [5.74, 6) is -0.216. The van der Waals surface area contributed by atoms with Crippen molar-refractivity contribution in [3.63, 3.8) is 0 Å². The van der Waals surface area contributed by atoms with E-state index in [1.165, 1.54) is 18.2 Å². The van der Waals surface area contributed by atoms with Crippen LogP contribution in [-0.4, -0.2) is 12.7 Å². The van der Waals surface area contributed by atoms with Gasteiger partial charge in [0.05, 0.1) is 11.7 Å². The van der Waals surface area contributed by atoms with E-state index in [4.69, 9.17) is 4.74 Å². The van der Waals surface area contributed by atoms with Gasteiger partial charge in [-0.3, -0.25) is 0 Å². The van der Waals surface area contributed by atoms with Gasteiger partial charge in [-0.1, -0.05) is 18.2 Å². The van der Waals surface area contributed by atoms with E-state index < -0.39 is 17.5 Å². The molecule has 2 aliphatic rings. The maximum atomic E-state index is 15.1. The topological polar surface area (TPSA) is 9.23 Å². The summed E-state index contributed by atoms with van der Waals surface area (Å²) in [5.41, 5.74) is 1.36. The van der Waals surface area contributed by atoms with Gasteiger partial charge in [-0.15, -0.1) is 6.58 Å². The van der Waals surface area contributed by atoms with Crippen LogP contribution < -0.4 is 0 Å². The summed E-state index contributed by atoms with van der Waals surface area (Å²) in [6.45, 7) is 6.45. The van der Waals surface area contributed by atoms with Crippen molar-refractivity contribution in [3.05, 3.63) is 71.6 Å². The van der Waals surface area contributed by atoms with Crippen molar-refractivity contribution in [2.75, 3.05) is 6.61 Å². The lowest BCUT2D eigenvalue weighted by Gasteiger charge is -2.42. The fourth-order valence-electron chi connectivity index (χ4n) is 5.80. The SMILES string of the molecule is C=CCCc1ccc(-c2c(F)cc(C3CCC4CC(OCC)CCC4C3)cc2F)cc1F. The Morgan fingerprint density at radius 3 is 2.34 bits per heavy atom. The van der Waals surface area contributed by atoms with E-state index in [1.54, 1.807) is 18.2 Å². The molecule has 2 saturated carbocycles. The molecule has 2 fully saturated rings. The van der Waals surface area contributed by atoms with Crippen LogP contribution in [0, 0.1) is 29.3 Å². The van der Waals surface area contributed by atoms with Gasteiger partial charge in [-0.05, 0) is 111 Å². The highest BCUT2D eigenvalue weighted by Gasteiger charge is 2.36. The van der Waals surface area contributed by atoms with Gasteiger partial charge >= 0.3 is 0 Å². The zero-order valence-electron chi connectivity index (χ0n) is 18.9. The molecule has 0 saturated heterocycles. The molecule has 0 N–H and O–H groups in total. The molecule has 0 heterocycles. The summed E-state index contributed by atoms with van der Waals surface area (Å²) in [6.07, 6.45) is 9.61. The van der Waals surface area contributed by atoms with Crippen LogP contribution in [0.15, 0.2) is 43.0 Å². The Morgan fingerprint density at radius 1 is 0.938 bits per heavy atom. The molecular formula is C28H33F3O. The lowest BCUT2D eigenvalue weighted by atomic mass is 9.65. The van der Waals surface area contributed by atoms with Gasteiger partial charge in [-0.2, -0.15) is 0 Å². The number of aryl methyl sites for hydroxylation is 1. The summed E-state index contributed by atoms with van der Waals surface area (Å²) in [6, 6.07) is 7.39. The molecule has 0 aliphatic heterocycles. The van der Waals surface area contributed by atoms with Crippen LogP contribution >= 0.6 is 0 Å². The van der Waals surface area contributed by atoms with Crippen LogP contribution in [0.1, 0.15) is 68.9 Å². The Kier molecular flexibility index (Phi) is 7.40. The minimum absolute atomic E-state index is 0.145. The summed E-state index contributed by atoms with van der Waals surface area (Å²) in [7, 11) is 0. The lowest BCUT2D eigenvalue weighted by Crippen LogP contribution is -2.33. The minimum atomic E-state index is -0.611. The van der Waals surface area contributed by atoms with E-state index in [-0.39, 0.29) is 17.0 Å². The van der Waals surface area contributed by atoms with Crippen molar-refractivity contribution >= 4 is 0 Å². The summed E-state index contributed by atoms with van der Waals surface area (Å²) >= 11 is 0. The van der Waals surface area contributed by atoms with E-state index in [1.807, 2.05) is 6.92 Å². The molecule has 32 heavy (non-hydrogen) atoms. The number of benzene rings is 2. The molecule has 1 nitrogen and oxygen atoms in total. The largest absolute Gasteiger partial charge is 0.378 e. The molecular weight excluding hydrogens is 409 g/mol. The molecule has 2 aromatic rings. The Bertz CT molecular complexity index is 931. The maximum absolute atomic E-state index is 15.1. The first kappa shape index (κ1) is 23.1. The molecule has 0 spiro atoms. The minimum Gasteiger partial charge on any atom is -0.378 e. The quantitative estimate of drug-likeness (QED) is 0.395. The van der Waals surface area contributed by atoms with E-state index in [0.717, 1.165) is 50.7 Å². The van der Waals surface area contributed by atoms with E-state index in [2.05, 4.69) is 6.58 Å². The Balaban J connectivity index is 1.50. The van der Waals surface area contributed by atoms with Gasteiger partial charge in [0, 0.05) is 6.61 Å². The molecule has 4 unspecified atom stereocenters. The summed E-state index contributed by atoms with van der Waals surface area (Å²) in [5, 5.41) is 0. The standard InChI is InChI=1S/C28H33F3O/c1-3-5-6-18-7-10-22(15-25(18)29)28-26(30)16-23(17-27(28)31)20-8-9-21-14-24(32-4-2)12-11-19(21)13-20/h3,7,10,15-17,19-21,24H,1,4-6,8-9,11-14H2,2H3. The smallest absolute Gasteiger partial charge is 0.134 e. The highest BCUT2D eigenvalue weighted by atomic mass is 19.1. The highest BCUT2D eigenvalue weighted by Crippen LogP contribution is 2.47. The second-order valence-corrected chi connectivity index (χ2v) is 9.41. The molecule has 2 aromatic carbocycles. The monoisotopic (exact) mass is 442 g/mol. The molecule has 4 rings (SSSR count). The number of hydrogen-bond acceptors (Lipinski definition) is 1. The van der Waals surface area contributed by atoms with Gasteiger partial charge in [0.25, 0.3) is 0 Å². The van der Waals surface area contributed by atoms with Crippen molar-refractivity contribution in [2.45, 2.75) is 70.3 Å². The Morgan fingerprint density at radius 2 is 1.66 bits per heavy atom. The lowest BCUT2D eigenvalue weighted by molar-refractivity contribution is -0.00957. The second-order valence-electron chi connectivity index (χ2n) is 9.41. The van der Waals surface area contributed by atoms with E-state index >= 15 is 8.78 Å². The summed E-state index contributed by atoms with van der Waals surface area (Å²) < 4.78 is 50.4. The zero-order chi connectivity index (χ0) is 22.7. The molecule has 2 aliphatic carbocycles. The number of fused-ring (bicyclic) bond motifs is 1. The predicted octanol–water partition coefficient (Wildman–Crippen LogP) is 7.98. The second kappa shape index (κ2) is 10.2. The maximum Gasteiger partial charge on any atom is 0.134 e. The van der Waals surface area contributed by atoms with Gasteiger partial charge in [0.15, 0.2) is 0 Å². The van der Waals surface area contributed by atoms with Crippen LogP contribution in [0.5, 0.6) is 0 Å². The average Bonchev–Trinajstić information content (AvgIpc) is 2.78. The molecule has 0 aromatic heterocycles. The van der Waals surface area contributed by atoms with Crippen molar-refractivity contribution in [2.24, 2.45) is 11.8 Å². The predicted molar refractivity (Wildman–Crippen MR) is 123 cm³/mol. The molecule has 4 atom stereocenters. The van der Waals surface area contributed by atoms with Gasteiger partial charge < -0.3 is 4.74 Å². The van der Waals surface area contributed by atoms with Crippen LogP contribution in [0.25, 0.3) is 11.1 Å². The number of ether oxygens (including phenoxy) is 1. The first-order valence-corrected chi connectivity index (χ1v) is 12.0. The van der Waals surface area contributed by atoms with Gasteiger partial charge in [0.1, 0.15) is 17.5 Å². The number of halogens is 3. The van der Waals surface area contributed by atoms with Crippen LogP contribution in [-0.2, 0) is 11.2 Å². The van der Waals surface area contributed by atoms with Crippen LogP contribution in [0.3, 0.4) is 0 Å². The van der Waals surface area contributed by atoms with Crippen LogP contribution in [0.4, 0.5) is 13.2 Å². The normalized spacial score (nSPS) is 25.4. The fraction of sp³-hybridized carbons (Fsp3) is 0.500. The van der Waals surface area contributed by atoms with Crippen LogP contribution in [0.2, 0.25) is 0 Å². The third kappa shape index (κ3) is 4.96. The Labute approximate surface area is 189 Å². The third-order valence-corrected chi connectivity index (χ3v) is 7.46. The highest BCUT2D eigenvalue weighted by molar-refractivity contribution is 5.66. The first-order valence-electron chi connectivity index (χ1n) is 12.0. The number of hydrogen-bond donors (Lipinski definition) is 0. The number of allylic oxidation sites excluding steroid dienone is 1. The van der Waals surface area contributed by atoms with Crippen molar-refractivity contribution < 1.29 is 17.9 Å². The fourth-order valence-corrected chi connectivity index (χ4v) is 5.80.